The van der Waals surface area contributed by atoms with Gasteiger partial charge in [0.05, 0.1) is 6.10 Å². The number of rotatable bonds is 2. The van der Waals surface area contributed by atoms with Crippen LogP contribution in [0.4, 0.5) is 0 Å². The van der Waals surface area contributed by atoms with E-state index >= 15 is 0 Å². The van der Waals surface area contributed by atoms with Gasteiger partial charge in [0.1, 0.15) is 24.4 Å². The molecule has 5 fully saturated rings. The number of carbonyl (C=O) groups is 2. The molecular weight excluding hydrogens is 396 g/mol. The molecule has 0 aromatic heterocycles. The van der Waals surface area contributed by atoms with E-state index < -0.39 is 0 Å². The molecule has 10 atom stereocenters. The number of aliphatic hydroxyl groups excluding tert-OH is 1. The fourth-order valence-electron chi connectivity index (χ4n) is 9.18. The van der Waals surface area contributed by atoms with Gasteiger partial charge in [0.15, 0.2) is 0 Å². The van der Waals surface area contributed by atoms with Crippen molar-refractivity contribution in [1.82, 2.24) is 0 Å². The Balaban J connectivity index is 1.39. The number of epoxide rings is 1. The number of carbonyl (C=O) groups excluding carboxylic acids is 2. The largest absolute Gasteiger partial charge is 0.459 e. The standard InChI is InChI=1S/C25H34O6/c1-13(26)30-21-20(14-10-19(28)29-12-14)24(3)9-7-17-18(25(24)22(21)31-25)5-4-15-11-16(27)6-8-23(15,17)2/h10,15-18,20-22,27H,4-9,11-12H2,1-3H3/t15-,16+,17+,18-,20+,21-,22-,23+,24-,25-/m1/s1. The molecule has 0 radical (unpaired) electrons. The second-order valence-electron chi connectivity index (χ2n) is 11.6. The topological polar surface area (TPSA) is 85.4 Å². The van der Waals surface area contributed by atoms with Crippen LogP contribution in [0, 0.1) is 34.5 Å². The van der Waals surface area contributed by atoms with Crippen LogP contribution in [-0.2, 0) is 23.8 Å². The molecule has 0 aromatic rings. The predicted molar refractivity (Wildman–Crippen MR) is 111 cm³/mol. The Morgan fingerprint density at radius 2 is 1.97 bits per heavy atom. The Bertz CT molecular complexity index is 866. The van der Waals surface area contributed by atoms with Gasteiger partial charge in [-0.2, -0.15) is 0 Å². The highest BCUT2D eigenvalue weighted by Gasteiger charge is 2.85. The average Bonchev–Trinajstić information content (AvgIpc) is 3.25. The molecule has 1 saturated heterocycles. The van der Waals surface area contributed by atoms with Gasteiger partial charge < -0.3 is 19.3 Å². The molecule has 6 heteroatoms. The zero-order valence-corrected chi connectivity index (χ0v) is 18.8. The molecule has 0 aromatic carbocycles. The zero-order chi connectivity index (χ0) is 21.8. The molecule has 6 rings (SSSR count). The number of hydrogen-bond donors (Lipinski definition) is 1. The first-order valence-electron chi connectivity index (χ1n) is 12.1. The molecule has 6 aliphatic rings. The van der Waals surface area contributed by atoms with Crippen LogP contribution in [-0.4, -0.2) is 47.6 Å². The summed E-state index contributed by atoms with van der Waals surface area (Å²) >= 11 is 0. The molecule has 0 unspecified atom stereocenters. The lowest BCUT2D eigenvalue weighted by Gasteiger charge is -2.61. The molecule has 31 heavy (non-hydrogen) atoms. The summed E-state index contributed by atoms with van der Waals surface area (Å²) in [7, 11) is 0. The molecule has 0 amide bonds. The summed E-state index contributed by atoms with van der Waals surface area (Å²) in [6, 6.07) is 0. The molecule has 2 aliphatic heterocycles. The summed E-state index contributed by atoms with van der Waals surface area (Å²) in [5.74, 6) is 0.987. The van der Waals surface area contributed by atoms with Crippen LogP contribution >= 0.6 is 0 Å². The fourth-order valence-corrected chi connectivity index (χ4v) is 9.18. The van der Waals surface area contributed by atoms with Crippen molar-refractivity contribution in [3.05, 3.63) is 11.6 Å². The van der Waals surface area contributed by atoms with E-state index in [1.165, 1.54) is 6.92 Å². The molecular formula is C25H34O6. The maximum absolute atomic E-state index is 12.0. The summed E-state index contributed by atoms with van der Waals surface area (Å²) in [5.41, 5.74) is 0.760. The minimum Gasteiger partial charge on any atom is -0.459 e. The van der Waals surface area contributed by atoms with Crippen molar-refractivity contribution in [2.24, 2.45) is 34.5 Å². The van der Waals surface area contributed by atoms with Crippen LogP contribution in [0.15, 0.2) is 11.6 Å². The Morgan fingerprint density at radius 1 is 1.16 bits per heavy atom. The van der Waals surface area contributed by atoms with Gasteiger partial charge >= 0.3 is 11.9 Å². The molecule has 0 bridgehead atoms. The molecule has 170 valence electrons. The Hall–Kier alpha value is -1.40. The number of hydrogen-bond acceptors (Lipinski definition) is 6. The lowest BCUT2D eigenvalue weighted by Crippen LogP contribution is -2.58. The summed E-state index contributed by atoms with van der Waals surface area (Å²) in [4.78, 5) is 23.9. The van der Waals surface area contributed by atoms with Gasteiger partial charge in [-0.15, -0.1) is 0 Å². The highest BCUT2D eigenvalue weighted by atomic mass is 16.7. The summed E-state index contributed by atoms with van der Waals surface area (Å²) in [6.45, 7) is 6.52. The molecule has 2 heterocycles. The van der Waals surface area contributed by atoms with E-state index in [4.69, 9.17) is 14.2 Å². The molecule has 4 aliphatic carbocycles. The third-order valence-electron chi connectivity index (χ3n) is 10.5. The van der Waals surface area contributed by atoms with E-state index in [9.17, 15) is 14.7 Å². The number of esters is 2. The molecule has 6 nitrogen and oxygen atoms in total. The van der Waals surface area contributed by atoms with Gasteiger partial charge in [0, 0.05) is 24.3 Å². The van der Waals surface area contributed by atoms with Gasteiger partial charge in [-0.25, -0.2) is 4.79 Å². The number of ether oxygens (including phenoxy) is 3. The number of fused-ring (bicyclic) bond motifs is 3. The average molecular weight is 431 g/mol. The smallest absolute Gasteiger partial charge is 0.331 e. The van der Waals surface area contributed by atoms with Gasteiger partial charge in [-0.1, -0.05) is 13.8 Å². The first-order chi connectivity index (χ1) is 14.7. The van der Waals surface area contributed by atoms with Gasteiger partial charge in [-0.05, 0) is 73.7 Å². The van der Waals surface area contributed by atoms with Crippen LogP contribution in [0.3, 0.4) is 0 Å². The minimum absolute atomic E-state index is 0.0266. The lowest BCUT2D eigenvalue weighted by molar-refractivity contribution is -0.162. The van der Waals surface area contributed by atoms with E-state index in [0.717, 1.165) is 50.5 Å². The molecule has 4 saturated carbocycles. The second kappa shape index (κ2) is 6.34. The Morgan fingerprint density at radius 3 is 2.68 bits per heavy atom. The van der Waals surface area contributed by atoms with E-state index in [2.05, 4.69) is 13.8 Å². The normalized spacial score (nSPS) is 54.6. The summed E-state index contributed by atoms with van der Waals surface area (Å²) in [6.07, 6.45) is 8.33. The van der Waals surface area contributed by atoms with Crippen molar-refractivity contribution in [1.29, 1.82) is 0 Å². The number of aliphatic hydroxyl groups is 1. The lowest BCUT2D eigenvalue weighted by atomic mass is 9.44. The van der Waals surface area contributed by atoms with Crippen molar-refractivity contribution in [2.45, 2.75) is 89.6 Å². The van der Waals surface area contributed by atoms with Gasteiger partial charge in [0.2, 0.25) is 0 Å². The highest BCUT2D eigenvalue weighted by molar-refractivity contribution is 5.85. The summed E-state index contributed by atoms with van der Waals surface area (Å²) < 4.78 is 17.8. The predicted octanol–water partition coefficient (Wildman–Crippen LogP) is 3.16. The SMILES string of the molecule is CC(=O)O[C@H]1[C@H]2O[C@]23[C@@H]2CC[C@@H]4C[C@@H](O)CC[C@]4(C)[C@H]2CC[C@]3(C)[C@H]1C1=CC(=O)OC1. The van der Waals surface area contributed by atoms with E-state index in [1.54, 1.807) is 6.08 Å². The van der Waals surface area contributed by atoms with Gasteiger partial charge in [0.25, 0.3) is 0 Å². The maximum atomic E-state index is 12.0. The van der Waals surface area contributed by atoms with Gasteiger partial charge in [-0.3, -0.25) is 4.79 Å². The van der Waals surface area contributed by atoms with Crippen molar-refractivity contribution in [3.63, 3.8) is 0 Å². The van der Waals surface area contributed by atoms with Crippen molar-refractivity contribution < 1.29 is 28.9 Å². The molecule has 1 spiro atoms. The van der Waals surface area contributed by atoms with Crippen LogP contribution in [0.5, 0.6) is 0 Å². The van der Waals surface area contributed by atoms with Crippen LogP contribution < -0.4 is 0 Å². The second-order valence-corrected chi connectivity index (χ2v) is 11.6. The van der Waals surface area contributed by atoms with E-state index in [-0.39, 0.29) is 52.6 Å². The summed E-state index contributed by atoms with van der Waals surface area (Å²) in [5, 5.41) is 10.3. The third kappa shape index (κ3) is 2.47. The Labute approximate surface area is 183 Å². The fraction of sp³-hybridized carbons (Fsp3) is 0.840. The van der Waals surface area contributed by atoms with Crippen molar-refractivity contribution in [3.8, 4) is 0 Å². The van der Waals surface area contributed by atoms with Crippen LogP contribution in [0.1, 0.15) is 65.7 Å². The van der Waals surface area contributed by atoms with Crippen molar-refractivity contribution >= 4 is 11.9 Å². The first-order valence-corrected chi connectivity index (χ1v) is 12.1. The van der Waals surface area contributed by atoms with Crippen LogP contribution in [0.2, 0.25) is 0 Å². The zero-order valence-electron chi connectivity index (χ0n) is 18.8. The third-order valence-corrected chi connectivity index (χ3v) is 10.5. The molecule has 1 N–H and O–H groups in total. The van der Waals surface area contributed by atoms with E-state index in [0.29, 0.717) is 24.4 Å². The monoisotopic (exact) mass is 430 g/mol. The Kier molecular flexibility index (Phi) is 4.14. The maximum Gasteiger partial charge on any atom is 0.331 e. The van der Waals surface area contributed by atoms with Crippen LogP contribution in [0.25, 0.3) is 0 Å². The van der Waals surface area contributed by atoms with E-state index in [1.807, 2.05) is 0 Å². The first kappa shape index (κ1) is 20.2. The van der Waals surface area contributed by atoms with Crippen molar-refractivity contribution in [2.75, 3.05) is 6.61 Å². The number of cyclic esters (lactones) is 1. The highest BCUT2D eigenvalue weighted by Crippen LogP contribution is 2.77. The minimum atomic E-state index is -0.347. The quantitative estimate of drug-likeness (QED) is 0.535.